The largest absolute Gasteiger partial charge is 0.475 e. The molecule has 0 unspecified atom stereocenters. The predicted octanol–water partition coefficient (Wildman–Crippen LogP) is 3.10. The first-order valence-corrected chi connectivity index (χ1v) is 9.49. The summed E-state index contributed by atoms with van der Waals surface area (Å²) in [4.78, 5) is 40.5. The fourth-order valence-electron chi connectivity index (χ4n) is 2.47. The monoisotopic (exact) mass is 430 g/mol. The zero-order valence-electron chi connectivity index (χ0n) is 18.2. The summed E-state index contributed by atoms with van der Waals surface area (Å²) >= 11 is 0. The van der Waals surface area contributed by atoms with Crippen molar-refractivity contribution in [2.75, 3.05) is 32.8 Å². The van der Waals surface area contributed by atoms with E-state index in [1.807, 2.05) is 20.8 Å². The molecule has 1 aromatic carbocycles. The Labute approximate surface area is 180 Å². The molecule has 0 fully saturated rings. The predicted molar refractivity (Wildman–Crippen MR) is 113 cm³/mol. The number of carbonyl (C=O) groups is 3. The number of hydrogen-bond donors (Lipinski definition) is 1. The third-order valence-electron chi connectivity index (χ3n) is 3.96. The summed E-state index contributed by atoms with van der Waals surface area (Å²) in [5.74, 6) is -1.45. The number of pyridine rings is 1. The fraction of sp³-hybridized carbons (Fsp3) is 0.364. The minimum atomic E-state index is -0.661. The van der Waals surface area contributed by atoms with Crippen molar-refractivity contribution in [3.05, 3.63) is 53.2 Å². The second-order valence-electron chi connectivity index (χ2n) is 7.39. The number of carbonyl (C=O) groups excluding carboxylic acids is 3. The van der Waals surface area contributed by atoms with Gasteiger partial charge in [0.1, 0.15) is 6.61 Å². The SMILES string of the molecule is COC(=O)c1ccc(C(=O)OC)c(NC(=O)c2ccc(OCCOC(C)(C)C)nc2)c1. The van der Waals surface area contributed by atoms with E-state index in [2.05, 4.69) is 15.0 Å². The minimum absolute atomic E-state index is 0.0928. The zero-order valence-corrected chi connectivity index (χ0v) is 18.2. The molecule has 1 amide bonds. The lowest BCUT2D eigenvalue weighted by Crippen LogP contribution is -2.22. The van der Waals surface area contributed by atoms with E-state index < -0.39 is 17.8 Å². The van der Waals surface area contributed by atoms with Crippen LogP contribution in [0, 0.1) is 0 Å². The normalized spacial score (nSPS) is 10.9. The van der Waals surface area contributed by atoms with E-state index in [1.54, 1.807) is 6.07 Å². The van der Waals surface area contributed by atoms with Crippen molar-refractivity contribution in [3.8, 4) is 5.88 Å². The van der Waals surface area contributed by atoms with E-state index in [-0.39, 0.29) is 28.0 Å². The van der Waals surface area contributed by atoms with Crippen molar-refractivity contribution in [3.63, 3.8) is 0 Å². The molecular formula is C22H26N2O7. The standard InChI is InChI=1S/C22H26N2O7/c1-22(2,3)31-11-10-30-18-9-7-15(13-23-18)19(25)24-17-12-14(20(26)28-4)6-8-16(17)21(27)29-5/h6-9,12-13H,10-11H2,1-5H3,(H,24,25). The van der Waals surface area contributed by atoms with Gasteiger partial charge in [0.15, 0.2) is 0 Å². The van der Waals surface area contributed by atoms with Crippen LogP contribution in [0.15, 0.2) is 36.5 Å². The molecule has 9 heteroatoms. The maximum atomic E-state index is 12.6. The molecular weight excluding hydrogens is 404 g/mol. The lowest BCUT2D eigenvalue weighted by Gasteiger charge is -2.19. The van der Waals surface area contributed by atoms with Crippen LogP contribution in [-0.4, -0.2) is 55.9 Å². The molecule has 31 heavy (non-hydrogen) atoms. The van der Waals surface area contributed by atoms with Gasteiger partial charge in [-0.3, -0.25) is 4.79 Å². The summed E-state index contributed by atoms with van der Waals surface area (Å²) in [6, 6.07) is 7.21. The molecule has 0 bridgehead atoms. The van der Waals surface area contributed by atoms with Crippen molar-refractivity contribution in [1.82, 2.24) is 4.98 Å². The van der Waals surface area contributed by atoms with Crippen LogP contribution in [0.2, 0.25) is 0 Å². The zero-order chi connectivity index (χ0) is 23.0. The molecule has 0 saturated heterocycles. The number of nitrogens with zero attached hydrogens (tertiary/aromatic N) is 1. The summed E-state index contributed by atoms with van der Waals surface area (Å²) < 4.78 is 20.5. The Kier molecular flexibility index (Phi) is 8.09. The lowest BCUT2D eigenvalue weighted by atomic mass is 10.1. The van der Waals surface area contributed by atoms with Gasteiger partial charge < -0.3 is 24.3 Å². The molecule has 0 radical (unpaired) electrons. The molecule has 1 heterocycles. The Morgan fingerprint density at radius 3 is 2.19 bits per heavy atom. The number of rotatable bonds is 8. The van der Waals surface area contributed by atoms with E-state index >= 15 is 0 Å². The fourth-order valence-corrected chi connectivity index (χ4v) is 2.47. The summed E-state index contributed by atoms with van der Waals surface area (Å²) in [5, 5.41) is 2.60. The van der Waals surface area contributed by atoms with Crippen LogP contribution < -0.4 is 10.1 Å². The van der Waals surface area contributed by atoms with Gasteiger partial charge >= 0.3 is 11.9 Å². The van der Waals surface area contributed by atoms with Crippen LogP contribution in [0.25, 0.3) is 0 Å². The average molecular weight is 430 g/mol. The molecule has 1 aromatic heterocycles. The Balaban J connectivity index is 2.10. The molecule has 0 aliphatic heterocycles. The molecule has 1 N–H and O–H groups in total. The smallest absolute Gasteiger partial charge is 0.339 e. The highest BCUT2D eigenvalue weighted by Crippen LogP contribution is 2.21. The number of ether oxygens (including phenoxy) is 4. The van der Waals surface area contributed by atoms with E-state index in [0.29, 0.717) is 19.1 Å². The van der Waals surface area contributed by atoms with Crippen LogP contribution >= 0.6 is 0 Å². The summed E-state index contributed by atoms with van der Waals surface area (Å²) in [6.45, 7) is 6.57. The first kappa shape index (κ1) is 23.8. The van der Waals surface area contributed by atoms with E-state index in [4.69, 9.17) is 14.2 Å². The highest BCUT2D eigenvalue weighted by molar-refractivity contribution is 6.08. The highest BCUT2D eigenvalue weighted by Gasteiger charge is 2.18. The van der Waals surface area contributed by atoms with Gasteiger partial charge in [0.2, 0.25) is 5.88 Å². The van der Waals surface area contributed by atoms with Crippen LogP contribution in [0.4, 0.5) is 5.69 Å². The summed E-state index contributed by atoms with van der Waals surface area (Å²) in [7, 11) is 2.46. The van der Waals surface area contributed by atoms with E-state index in [0.717, 1.165) is 0 Å². The molecule has 0 saturated carbocycles. The number of hydrogen-bond acceptors (Lipinski definition) is 8. The molecule has 9 nitrogen and oxygen atoms in total. The van der Waals surface area contributed by atoms with Crippen LogP contribution in [0.3, 0.4) is 0 Å². The number of methoxy groups -OCH3 is 2. The van der Waals surface area contributed by atoms with Crippen molar-refractivity contribution in [1.29, 1.82) is 0 Å². The van der Waals surface area contributed by atoms with E-state index in [1.165, 1.54) is 44.7 Å². The first-order chi connectivity index (χ1) is 14.6. The van der Waals surface area contributed by atoms with Gasteiger partial charge in [-0.1, -0.05) is 0 Å². The Morgan fingerprint density at radius 2 is 1.61 bits per heavy atom. The second kappa shape index (κ2) is 10.5. The van der Waals surface area contributed by atoms with E-state index in [9.17, 15) is 14.4 Å². The van der Waals surface area contributed by atoms with Crippen molar-refractivity contribution < 1.29 is 33.3 Å². The quantitative estimate of drug-likeness (QED) is 0.502. The second-order valence-corrected chi connectivity index (χ2v) is 7.39. The van der Waals surface area contributed by atoms with Crippen molar-refractivity contribution in [2.24, 2.45) is 0 Å². The number of anilines is 1. The molecule has 166 valence electrons. The Bertz CT molecular complexity index is 934. The topological polar surface area (TPSA) is 113 Å². The lowest BCUT2D eigenvalue weighted by molar-refractivity contribution is -0.0168. The molecule has 0 aliphatic rings. The van der Waals surface area contributed by atoms with Gasteiger partial charge in [0, 0.05) is 12.3 Å². The first-order valence-electron chi connectivity index (χ1n) is 9.49. The number of aromatic nitrogens is 1. The number of esters is 2. The Hall–Kier alpha value is -3.46. The molecule has 0 atom stereocenters. The maximum absolute atomic E-state index is 12.6. The van der Waals surface area contributed by atoms with Crippen molar-refractivity contribution >= 4 is 23.5 Å². The number of nitrogens with one attached hydrogen (secondary N) is 1. The van der Waals surface area contributed by atoms with Gasteiger partial charge in [-0.15, -0.1) is 0 Å². The number of benzene rings is 1. The van der Waals surface area contributed by atoms with Crippen molar-refractivity contribution in [2.45, 2.75) is 26.4 Å². The van der Waals surface area contributed by atoms with Gasteiger partial charge in [-0.2, -0.15) is 0 Å². The maximum Gasteiger partial charge on any atom is 0.339 e. The average Bonchev–Trinajstić information content (AvgIpc) is 2.75. The molecule has 2 rings (SSSR count). The molecule has 0 spiro atoms. The third kappa shape index (κ3) is 7.07. The van der Waals surface area contributed by atoms with Crippen LogP contribution in [0.1, 0.15) is 51.8 Å². The van der Waals surface area contributed by atoms with Gasteiger partial charge in [-0.05, 0) is 45.0 Å². The van der Waals surface area contributed by atoms with Gasteiger partial charge in [0.05, 0.1) is 48.8 Å². The molecule has 2 aromatic rings. The van der Waals surface area contributed by atoms with Crippen LogP contribution in [-0.2, 0) is 14.2 Å². The van der Waals surface area contributed by atoms with Gasteiger partial charge in [0.25, 0.3) is 5.91 Å². The third-order valence-corrected chi connectivity index (χ3v) is 3.96. The molecule has 0 aliphatic carbocycles. The number of amides is 1. The highest BCUT2D eigenvalue weighted by atomic mass is 16.5. The Morgan fingerprint density at radius 1 is 0.935 bits per heavy atom. The minimum Gasteiger partial charge on any atom is -0.475 e. The summed E-state index contributed by atoms with van der Waals surface area (Å²) in [6.07, 6.45) is 1.34. The van der Waals surface area contributed by atoms with Gasteiger partial charge in [-0.25, -0.2) is 14.6 Å². The summed E-state index contributed by atoms with van der Waals surface area (Å²) in [5.41, 5.74) is 0.351. The van der Waals surface area contributed by atoms with Crippen LogP contribution in [0.5, 0.6) is 5.88 Å².